The zero-order chi connectivity index (χ0) is 13.7. The first kappa shape index (κ1) is 13.4. The average molecular weight is 274 g/mol. The lowest BCUT2D eigenvalue weighted by molar-refractivity contribution is -0.136. The number of phenols is 1. The maximum absolute atomic E-state index is 12.0. The van der Waals surface area contributed by atoms with Crippen LogP contribution in [0, 0.1) is 0 Å². The molecule has 98 valence electrons. The summed E-state index contributed by atoms with van der Waals surface area (Å²) in [4.78, 5) is 12.8. The summed E-state index contributed by atoms with van der Waals surface area (Å²) in [5.74, 6) is -0.135. The maximum atomic E-state index is 12.0. The van der Waals surface area contributed by atoms with Crippen LogP contribution in [0.4, 0.5) is 0 Å². The Morgan fingerprint density at radius 3 is 2.63 bits per heavy atom. The number of esters is 1. The summed E-state index contributed by atoms with van der Waals surface area (Å²) in [7, 11) is 0. The number of aromatic hydroxyl groups is 1. The third-order valence-corrected chi connectivity index (χ3v) is 3.39. The second-order valence-electron chi connectivity index (χ2n) is 3.85. The van der Waals surface area contributed by atoms with E-state index in [4.69, 9.17) is 4.74 Å². The largest absolute Gasteiger partial charge is 0.508 e. The van der Waals surface area contributed by atoms with Crippen LogP contribution < -0.4 is 0 Å². The summed E-state index contributed by atoms with van der Waals surface area (Å²) in [5.41, 5.74) is 1.37. The molecule has 0 fully saturated rings. The number of hydrogen-bond donors (Lipinski definition) is 1. The summed E-state index contributed by atoms with van der Waals surface area (Å²) in [6.07, 6.45) is 1.77. The quantitative estimate of drug-likeness (QED) is 0.685. The van der Waals surface area contributed by atoms with Crippen molar-refractivity contribution in [1.82, 2.24) is 0 Å². The molecule has 1 N–H and O–H groups in total. The second kappa shape index (κ2) is 6.20. The van der Waals surface area contributed by atoms with Gasteiger partial charge in [-0.15, -0.1) is 11.3 Å². The van der Waals surface area contributed by atoms with Gasteiger partial charge in [-0.1, -0.05) is 18.2 Å². The molecule has 3 nitrogen and oxygen atoms in total. The molecule has 0 aliphatic carbocycles. The Kier molecular flexibility index (Phi) is 4.36. The number of carbonyl (C=O) groups is 1. The van der Waals surface area contributed by atoms with Gasteiger partial charge < -0.3 is 9.84 Å². The summed E-state index contributed by atoms with van der Waals surface area (Å²) in [5, 5.41) is 11.2. The van der Waals surface area contributed by atoms with Crippen molar-refractivity contribution in [3.63, 3.8) is 0 Å². The van der Waals surface area contributed by atoms with E-state index in [0.717, 1.165) is 10.4 Å². The normalized spacial score (nSPS) is 11.3. The van der Waals surface area contributed by atoms with E-state index in [1.807, 2.05) is 17.5 Å². The van der Waals surface area contributed by atoms with Crippen molar-refractivity contribution in [2.24, 2.45) is 0 Å². The van der Waals surface area contributed by atoms with Gasteiger partial charge in [-0.05, 0) is 42.1 Å². The van der Waals surface area contributed by atoms with Gasteiger partial charge in [0, 0.05) is 4.88 Å². The first-order valence-corrected chi connectivity index (χ1v) is 6.80. The molecule has 1 heterocycles. The zero-order valence-corrected chi connectivity index (χ0v) is 11.3. The van der Waals surface area contributed by atoms with E-state index in [-0.39, 0.29) is 11.7 Å². The van der Waals surface area contributed by atoms with Crippen LogP contribution in [-0.2, 0) is 9.53 Å². The van der Waals surface area contributed by atoms with E-state index >= 15 is 0 Å². The van der Waals surface area contributed by atoms with E-state index in [1.54, 1.807) is 37.3 Å². The molecule has 0 unspecified atom stereocenters. The highest BCUT2D eigenvalue weighted by Gasteiger charge is 2.14. The highest BCUT2D eigenvalue weighted by molar-refractivity contribution is 7.11. The number of benzene rings is 1. The number of ether oxygens (including phenoxy) is 1. The van der Waals surface area contributed by atoms with Crippen molar-refractivity contribution in [1.29, 1.82) is 0 Å². The topological polar surface area (TPSA) is 46.5 Å². The van der Waals surface area contributed by atoms with Gasteiger partial charge in [0.1, 0.15) is 5.75 Å². The number of hydrogen-bond acceptors (Lipinski definition) is 4. The number of phenolic OH excluding ortho intramolecular Hbond substituents is 1. The summed E-state index contributed by atoms with van der Waals surface area (Å²) < 4.78 is 5.07. The van der Waals surface area contributed by atoms with E-state index in [9.17, 15) is 9.90 Å². The SMILES string of the molecule is CCOC(=O)C(=Cc1ccc(O)cc1)c1cccs1. The molecule has 1 aromatic carbocycles. The van der Waals surface area contributed by atoms with Crippen molar-refractivity contribution in [3.8, 4) is 5.75 Å². The Morgan fingerprint density at radius 1 is 1.32 bits per heavy atom. The van der Waals surface area contributed by atoms with Crippen LogP contribution in [0.3, 0.4) is 0 Å². The van der Waals surface area contributed by atoms with E-state index in [0.29, 0.717) is 12.2 Å². The number of thiophene rings is 1. The molecule has 2 rings (SSSR count). The fraction of sp³-hybridized carbons (Fsp3) is 0.133. The van der Waals surface area contributed by atoms with Gasteiger partial charge in [0.2, 0.25) is 0 Å². The Balaban J connectivity index is 2.37. The first-order valence-electron chi connectivity index (χ1n) is 5.92. The molecular formula is C15H14O3S. The van der Waals surface area contributed by atoms with Crippen LogP contribution in [0.15, 0.2) is 41.8 Å². The average Bonchev–Trinajstić information content (AvgIpc) is 2.92. The Hall–Kier alpha value is -2.07. The Labute approximate surface area is 115 Å². The van der Waals surface area contributed by atoms with Crippen LogP contribution in [0.25, 0.3) is 11.6 Å². The lowest BCUT2D eigenvalue weighted by Gasteiger charge is -2.05. The fourth-order valence-corrected chi connectivity index (χ4v) is 2.34. The monoisotopic (exact) mass is 274 g/mol. The molecule has 0 bridgehead atoms. The highest BCUT2D eigenvalue weighted by Crippen LogP contribution is 2.24. The molecule has 4 heteroatoms. The molecule has 2 aromatic rings. The Morgan fingerprint density at radius 2 is 2.05 bits per heavy atom. The van der Waals surface area contributed by atoms with E-state index in [1.165, 1.54) is 11.3 Å². The van der Waals surface area contributed by atoms with Gasteiger partial charge in [-0.2, -0.15) is 0 Å². The molecule has 0 aliphatic heterocycles. The van der Waals surface area contributed by atoms with Gasteiger partial charge in [-0.3, -0.25) is 0 Å². The molecule has 0 spiro atoms. The number of rotatable bonds is 4. The van der Waals surface area contributed by atoms with Crippen molar-refractivity contribution < 1.29 is 14.6 Å². The van der Waals surface area contributed by atoms with Gasteiger partial charge in [0.15, 0.2) is 0 Å². The molecule has 1 aromatic heterocycles. The van der Waals surface area contributed by atoms with Gasteiger partial charge in [0.25, 0.3) is 0 Å². The van der Waals surface area contributed by atoms with Crippen LogP contribution in [-0.4, -0.2) is 17.7 Å². The smallest absolute Gasteiger partial charge is 0.339 e. The third kappa shape index (κ3) is 3.45. The summed E-state index contributed by atoms with van der Waals surface area (Å²) in [6.45, 7) is 2.13. The van der Waals surface area contributed by atoms with Gasteiger partial charge >= 0.3 is 5.97 Å². The second-order valence-corrected chi connectivity index (χ2v) is 4.80. The molecular weight excluding hydrogens is 260 g/mol. The van der Waals surface area contributed by atoms with E-state index in [2.05, 4.69) is 0 Å². The lowest BCUT2D eigenvalue weighted by Crippen LogP contribution is -2.05. The van der Waals surface area contributed by atoms with E-state index < -0.39 is 0 Å². The van der Waals surface area contributed by atoms with Crippen molar-refractivity contribution in [2.75, 3.05) is 6.61 Å². The standard InChI is InChI=1S/C15H14O3S/c1-2-18-15(17)13(14-4-3-9-19-14)10-11-5-7-12(16)8-6-11/h3-10,16H,2H2,1H3. The molecule has 0 aliphatic rings. The van der Waals surface area contributed by atoms with Crippen LogP contribution in [0.2, 0.25) is 0 Å². The van der Waals surface area contributed by atoms with Gasteiger partial charge in [0.05, 0.1) is 12.2 Å². The molecule has 0 saturated heterocycles. The fourth-order valence-electron chi connectivity index (χ4n) is 1.61. The first-order chi connectivity index (χ1) is 9.20. The van der Waals surface area contributed by atoms with Crippen molar-refractivity contribution in [3.05, 3.63) is 52.2 Å². The van der Waals surface area contributed by atoms with Gasteiger partial charge in [-0.25, -0.2) is 4.79 Å². The van der Waals surface area contributed by atoms with Crippen LogP contribution in [0.5, 0.6) is 5.75 Å². The Bertz CT molecular complexity index is 568. The van der Waals surface area contributed by atoms with Crippen LogP contribution in [0.1, 0.15) is 17.4 Å². The summed E-state index contributed by atoms with van der Waals surface area (Å²) >= 11 is 1.49. The third-order valence-electron chi connectivity index (χ3n) is 2.49. The zero-order valence-electron chi connectivity index (χ0n) is 10.5. The minimum atomic E-state index is -0.335. The predicted octanol–water partition coefficient (Wildman–Crippen LogP) is 3.56. The predicted molar refractivity (Wildman–Crippen MR) is 76.9 cm³/mol. The molecule has 19 heavy (non-hydrogen) atoms. The van der Waals surface area contributed by atoms with Crippen molar-refractivity contribution >= 4 is 29.0 Å². The van der Waals surface area contributed by atoms with Crippen LogP contribution >= 0.6 is 11.3 Å². The molecule has 0 atom stereocenters. The summed E-state index contributed by atoms with van der Waals surface area (Å²) in [6, 6.07) is 10.5. The maximum Gasteiger partial charge on any atom is 0.339 e. The van der Waals surface area contributed by atoms with Crippen molar-refractivity contribution in [2.45, 2.75) is 6.92 Å². The lowest BCUT2D eigenvalue weighted by atomic mass is 10.1. The molecule has 0 amide bonds. The minimum absolute atomic E-state index is 0.200. The minimum Gasteiger partial charge on any atom is -0.508 e. The highest BCUT2D eigenvalue weighted by atomic mass is 32.1. The molecule has 0 radical (unpaired) electrons. The number of carbonyl (C=O) groups excluding carboxylic acids is 1. The molecule has 0 saturated carbocycles.